The van der Waals surface area contributed by atoms with Gasteiger partial charge in [-0.3, -0.25) is 4.79 Å². The van der Waals surface area contributed by atoms with Crippen LogP contribution in [0.1, 0.15) is 35.4 Å². The Morgan fingerprint density at radius 3 is 2.26 bits per heavy atom. The van der Waals surface area contributed by atoms with Crippen LogP contribution in [0.2, 0.25) is 0 Å². The summed E-state index contributed by atoms with van der Waals surface area (Å²) in [6, 6.07) is 17.8. The summed E-state index contributed by atoms with van der Waals surface area (Å²) in [5.41, 5.74) is 4.45. The molecular weight excluding hydrogens is 448 g/mol. The first-order valence-corrected chi connectivity index (χ1v) is 13.3. The Kier molecular flexibility index (Phi) is 6.04. The summed E-state index contributed by atoms with van der Waals surface area (Å²) >= 11 is 0. The molecule has 0 saturated carbocycles. The van der Waals surface area contributed by atoms with Crippen molar-refractivity contribution in [3.63, 3.8) is 0 Å². The van der Waals surface area contributed by atoms with E-state index in [0.717, 1.165) is 18.7 Å². The number of benzene rings is 2. The Morgan fingerprint density at radius 2 is 1.56 bits per heavy atom. The standard InChI is InChI=1S/C26H30N4O3S/c1-19-25(20(2)30(27-19)24-10-4-3-5-11-24)34(32,33)29-16-13-22(14-17-29)26(31)28-15-12-21-8-6-7-9-23(21)18-28/h3-11,22H,12-18H2,1-2H3. The largest absolute Gasteiger partial charge is 0.338 e. The number of aromatic nitrogens is 2. The molecule has 3 aromatic rings. The molecule has 2 aromatic carbocycles. The van der Waals surface area contributed by atoms with Crippen molar-refractivity contribution in [1.82, 2.24) is 19.0 Å². The lowest BCUT2D eigenvalue weighted by atomic mass is 9.94. The molecule has 1 aromatic heterocycles. The third-order valence-corrected chi connectivity index (χ3v) is 9.22. The molecule has 0 bridgehead atoms. The van der Waals surface area contributed by atoms with Gasteiger partial charge in [-0.1, -0.05) is 42.5 Å². The minimum Gasteiger partial charge on any atom is -0.338 e. The van der Waals surface area contributed by atoms with E-state index in [1.807, 2.05) is 47.4 Å². The Labute approximate surface area is 201 Å². The predicted molar refractivity (Wildman–Crippen MR) is 130 cm³/mol. The van der Waals surface area contributed by atoms with Gasteiger partial charge in [0, 0.05) is 32.1 Å². The van der Waals surface area contributed by atoms with Crippen molar-refractivity contribution in [2.24, 2.45) is 5.92 Å². The summed E-state index contributed by atoms with van der Waals surface area (Å²) in [7, 11) is -3.70. The summed E-state index contributed by atoms with van der Waals surface area (Å²) in [5.74, 6) is 0.0155. The van der Waals surface area contributed by atoms with Crippen LogP contribution in [-0.4, -0.2) is 52.9 Å². The number of piperidine rings is 1. The van der Waals surface area contributed by atoms with Crippen LogP contribution in [0.4, 0.5) is 0 Å². The SMILES string of the molecule is Cc1nn(-c2ccccc2)c(C)c1S(=O)(=O)N1CCC(C(=O)N2CCc3ccccc3C2)CC1. The van der Waals surface area contributed by atoms with Gasteiger partial charge in [-0.2, -0.15) is 9.40 Å². The molecule has 0 atom stereocenters. The van der Waals surface area contributed by atoms with Gasteiger partial charge in [0.25, 0.3) is 0 Å². The van der Waals surface area contributed by atoms with E-state index in [-0.39, 0.29) is 16.7 Å². The number of hydrogen-bond donors (Lipinski definition) is 0. The van der Waals surface area contributed by atoms with Crippen LogP contribution in [0.25, 0.3) is 5.69 Å². The number of carbonyl (C=O) groups is 1. The van der Waals surface area contributed by atoms with Crippen molar-refractivity contribution in [3.8, 4) is 5.69 Å². The number of sulfonamides is 1. The van der Waals surface area contributed by atoms with Crippen LogP contribution in [0.3, 0.4) is 0 Å². The van der Waals surface area contributed by atoms with Gasteiger partial charge in [0.2, 0.25) is 15.9 Å². The monoisotopic (exact) mass is 478 g/mol. The lowest BCUT2D eigenvalue weighted by Crippen LogP contribution is -2.45. The van der Waals surface area contributed by atoms with Crippen LogP contribution in [0, 0.1) is 19.8 Å². The number of fused-ring (bicyclic) bond motifs is 1. The number of para-hydroxylation sites is 1. The van der Waals surface area contributed by atoms with E-state index in [2.05, 4.69) is 17.2 Å². The van der Waals surface area contributed by atoms with Crippen molar-refractivity contribution in [1.29, 1.82) is 0 Å². The summed E-state index contributed by atoms with van der Waals surface area (Å²) in [6.07, 6.45) is 1.96. The topological polar surface area (TPSA) is 75.5 Å². The molecule has 2 aliphatic heterocycles. The molecule has 1 fully saturated rings. The van der Waals surface area contributed by atoms with Crippen molar-refractivity contribution in [3.05, 3.63) is 77.1 Å². The molecule has 0 unspecified atom stereocenters. The number of nitrogens with zero attached hydrogens (tertiary/aromatic N) is 4. The highest BCUT2D eigenvalue weighted by molar-refractivity contribution is 7.89. The zero-order chi connectivity index (χ0) is 23.9. The van der Waals surface area contributed by atoms with E-state index in [9.17, 15) is 13.2 Å². The summed E-state index contributed by atoms with van der Waals surface area (Å²) in [5, 5.41) is 4.51. The lowest BCUT2D eigenvalue weighted by Gasteiger charge is -2.35. The van der Waals surface area contributed by atoms with E-state index in [1.165, 1.54) is 15.4 Å². The minimum atomic E-state index is -3.70. The van der Waals surface area contributed by atoms with Crippen LogP contribution < -0.4 is 0 Å². The van der Waals surface area contributed by atoms with Gasteiger partial charge < -0.3 is 4.90 Å². The van der Waals surface area contributed by atoms with Gasteiger partial charge >= 0.3 is 0 Å². The van der Waals surface area contributed by atoms with Gasteiger partial charge in [-0.15, -0.1) is 0 Å². The van der Waals surface area contributed by atoms with E-state index in [4.69, 9.17) is 0 Å². The van der Waals surface area contributed by atoms with Crippen molar-refractivity contribution in [2.45, 2.75) is 44.6 Å². The molecule has 0 spiro atoms. The first kappa shape index (κ1) is 22.8. The molecule has 0 radical (unpaired) electrons. The van der Waals surface area contributed by atoms with Gasteiger partial charge in [-0.25, -0.2) is 13.1 Å². The summed E-state index contributed by atoms with van der Waals surface area (Å²) in [4.78, 5) is 15.4. The Morgan fingerprint density at radius 1 is 0.912 bits per heavy atom. The number of hydrogen-bond acceptors (Lipinski definition) is 4. The maximum atomic E-state index is 13.6. The number of carbonyl (C=O) groups excluding carboxylic acids is 1. The lowest BCUT2D eigenvalue weighted by molar-refractivity contribution is -0.137. The Hall–Kier alpha value is -2.97. The maximum Gasteiger partial charge on any atom is 0.246 e. The highest BCUT2D eigenvalue weighted by atomic mass is 32.2. The quantitative estimate of drug-likeness (QED) is 0.575. The molecule has 1 amide bonds. The molecule has 0 N–H and O–H groups in total. The third-order valence-electron chi connectivity index (χ3n) is 7.07. The van der Waals surface area contributed by atoms with Crippen LogP contribution in [0.5, 0.6) is 0 Å². The molecule has 1 saturated heterocycles. The van der Waals surface area contributed by atoms with Gasteiger partial charge in [0.1, 0.15) is 4.90 Å². The molecule has 7 nitrogen and oxygen atoms in total. The highest BCUT2D eigenvalue weighted by Gasteiger charge is 2.37. The van der Waals surface area contributed by atoms with E-state index < -0.39 is 10.0 Å². The second-order valence-electron chi connectivity index (χ2n) is 9.20. The first-order chi connectivity index (χ1) is 16.4. The third kappa shape index (κ3) is 4.05. The van der Waals surface area contributed by atoms with E-state index in [1.54, 1.807) is 18.5 Å². The number of aryl methyl sites for hydroxylation is 1. The highest BCUT2D eigenvalue weighted by Crippen LogP contribution is 2.30. The fourth-order valence-corrected chi connectivity index (χ4v) is 7.06. The molecule has 3 heterocycles. The maximum absolute atomic E-state index is 13.6. The fourth-order valence-electron chi connectivity index (χ4n) is 5.24. The minimum absolute atomic E-state index is 0.133. The first-order valence-electron chi connectivity index (χ1n) is 11.8. The zero-order valence-corrected chi connectivity index (χ0v) is 20.5. The van der Waals surface area contributed by atoms with E-state index >= 15 is 0 Å². The molecule has 178 valence electrons. The van der Waals surface area contributed by atoms with Gasteiger partial charge in [0.05, 0.1) is 17.1 Å². The molecular formula is C26H30N4O3S. The second-order valence-corrected chi connectivity index (χ2v) is 11.1. The van der Waals surface area contributed by atoms with Crippen LogP contribution >= 0.6 is 0 Å². The van der Waals surface area contributed by atoms with Crippen molar-refractivity contribution in [2.75, 3.05) is 19.6 Å². The predicted octanol–water partition coefficient (Wildman–Crippen LogP) is 3.47. The number of amides is 1. The average Bonchev–Trinajstić information content (AvgIpc) is 3.18. The second kappa shape index (κ2) is 9.00. The summed E-state index contributed by atoms with van der Waals surface area (Å²) < 4.78 is 30.3. The molecule has 8 heteroatoms. The fraction of sp³-hybridized carbons (Fsp3) is 0.385. The smallest absolute Gasteiger partial charge is 0.246 e. The molecule has 34 heavy (non-hydrogen) atoms. The van der Waals surface area contributed by atoms with E-state index in [0.29, 0.717) is 43.9 Å². The normalized spacial score (nSPS) is 17.5. The average molecular weight is 479 g/mol. The Bertz CT molecular complexity index is 1310. The Balaban J connectivity index is 1.29. The molecule has 5 rings (SSSR count). The molecule has 2 aliphatic rings. The van der Waals surface area contributed by atoms with Crippen molar-refractivity contribution < 1.29 is 13.2 Å². The van der Waals surface area contributed by atoms with Crippen LogP contribution in [-0.2, 0) is 27.8 Å². The zero-order valence-electron chi connectivity index (χ0n) is 19.6. The van der Waals surface area contributed by atoms with Gasteiger partial charge in [0.15, 0.2) is 0 Å². The summed E-state index contributed by atoms with van der Waals surface area (Å²) in [6.45, 7) is 5.60. The van der Waals surface area contributed by atoms with Gasteiger partial charge in [-0.05, 0) is 56.4 Å². The molecule has 0 aliphatic carbocycles. The number of rotatable bonds is 4. The van der Waals surface area contributed by atoms with Crippen molar-refractivity contribution >= 4 is 15.9 Å². The van der Waals surface area contributed by atoms with Crippen LogP contribution in [0.15, 0.2) is 59.5 Å².